The molecule has 0 atom stereocenters. The van der Waals surface area contributed by atoms with Gasteiger partial charge in [0.05, 0.1) is 21.1 Å². The van der Waals surface area contributed by atoms with Gasteiger partial charge in [-0.3, -0.25) is 13.9 Å². The van der Waals surface area contributed by atoms with Gasteiger partial charge in [-0.05, 0) is 18.2 Å². The van der Waals surface area contributed by atoms with Gasteiger partial charge < -0.3 is 5.32 Å². The number of carbonyl (C=O) groups excluding carboxylic acids is 1. The first-order valence-corrected chi connectivity index (χ1v) is 10.7. The normalized spacial score (nSPS) is 11.2. The zero-order chi connectivity index (χ0) is 19.8. The molecule has 1 amide bonds. The van der Waals surface area contributed by atoms with Gasteiger partial charge in [-0.2, -0.15) is 0 Å². The molecule has 0 aliphatic heterocycles. The van der Waals surface area contributed by atoms with E-state index in [1.165, 1.54) is 22.7 Å². The Bertz CT molecular complexity index is 1240. The van der Waals surface area contributed by atoms with Crippen LogP contribution in [0, 0.1) is 0 Å². The third kappa shape index (κ3) is 3.60. The Balaban J connectivity index is 1.46. The highest BCUT2D eigenvalue weighted by Gasteiger charge is 2.15. The van der Waals surface area contributed by atoms with E-state index in [0.717, 1.165) is 16.6 Å². The lowest BCUT2D eigenvalue weighted by Gasteiger charge is -2.03. The van der Waals surface area contributed by atoms with Crippen molar-refractivity contribution in [2.45, 2.75) is 13.0 Å². The highest BCUT2D eigenvalue weighted by molar-refractivity contribution is 7.20. The molecule has 4 rings (SSSR count). The number of para-hydroxylation sites is 2. The van der Waals surface area contributed by atoms with Crippen LogP contribution in [0.4, 0.5) is 5.13 Å². The number of rotatable bonds is 5. The number of hydrogen-bond donors (Lipinski definition) is 1. The number of benzene rings is 1. The summed E-state index contributed by atoms with van der Waals surface area (Å²) in [4.78, 5) is 29.2. The summed E-state index contributed by atoms with van der Waals surface area (Å²) >= 11 is 14.7. The third-order valence-corrected chi connectivity index (χ3v) is 6.54. The van der Waals surface area contributed by atoms with Gasteiger partial charge in [-0.25, -0.2) is 9.78 Å². The van der Waals surface area contributed by atoms with Crippen molar-refractivity contribution in [1.29, 1.82) is 0 Å². The van der Waals surface area contributed by atoms with E-state index in [0.29, 0.717) is 19.5 Å². The standard InChI is InChI=1S/C18H14Cl2N4O2S2/c1-23-12-4-2-3-5-13(12)24(18(23)26)7-6-15(25)22-17-21-11(9-27-17)10-8-14(19)28-16(10)20/h2-5,8-9H,6-7H2,1H3,(H,21,22,25). The van der Waals surface area contributed by atoms with Crippen LogP contribution in [0.2, 0.25) is 8.67 Å². The molecule has 0 bridgehead atoms. The van der Waals surface area contributed by atoms with Gasteiger partial charge in [-0.1, -0.05) is 35.3 Å². The summed E-state index contributed by atoms with van der Waals surface area (Å²) in [6.45, 7) is 0.288. The van der Waals surface area contributed by atoms with E-state index in [-0.39, 0.29) is 24.6 Å². The lowest BCUT2D eigenvalue weighted by molar-refractivity contribution is -0.116. The predicted molar refractivity (Wildman–Crippen MR) is 116 cm³/mol. The van der Waals surface area contributed by atoms with Gasteiger partial charge in [0.15, 0.2) is 5.13 Å². The number of halogens is 2. The maximum Gasteiger partial charge on any atom is 0.328 e. The fourth-order valence-corrected chi connectivity index (χ4v) is 5.15. The second-order valence-corrected chi connectivity index (χ2v) is 9.20. The summed E-state index contributed by atoms with van der Waals surface area (Å²) in [5, 5.41) is 5.07. The molecule has 0 spiro atoms. The molecule has 144 valence electrons. The number of fused-ring (bicyclic) bond motifs is 1. The molecular formula is C18H14Cl2N4O2S2. The first kappa shape index (κ1) is 19.2. The zero-order valence-electron chi connectivity index (χ0n) is 14.6. The van der Waals surface area contributed by atoms with E-state index in [2.05, 4.69) is 10.3 Å². The molecule has 1 aromatic carbocycles. The summed E-state index contributed by atoms with van der Waals surface area (Å²) in [6, 6.07) is 9.26. The van der Waals surface area contributed by atoms with Crippen LogP contribution in [0.25, 0.3) is 22.3 Å². The van der Waals surface area contributed by atoms with Crippen molar-refractivity contribution in [2.24, 2.45) is 7.05 Å². The first-order chi connectivity index (χ1) is 13.4. The van der Waals surface area contributed by atoms with Crippen LogP contribution < -0.4 is 11.0 Å². The predicted octanol–water partition coefficient (Wildman–Crippen LogP) is 4.86. The summed E-state index contributed by atoms with van der Waals surface area (Å²) in [7, 11) is 1.72. The van der Waals surface area contributed by atoms with Gasteiger partial charge in [0, 0.05) is 31.0 Å². The molecule has 3 aromatic heterocycles. The number of anilines is 1. The SMILES string of the molecule is Cn1c(=O)n(CCC(=O)Nc2nc(-c3cc(Cl)sc3Cl)cs2)c2ccccc21. The average Bonchev–Trinajstić information content (AvgIpc) is 3.32. The molecule has 0 aliphatic carbocycles. The van der Waals surface area contributed by atoms with Crippen molar-refractivity contribution < 1.29 is 4.79 Å². The summed E-state index contributed by atoms with van der Waals surface area (Å²) in [6.07, 6.45) is 0.161. The quantitative estimate of drug-likeness (QED) is 0.469. The number of hydrogen-bond acceptors (Lipinski definition) is 5. The van der Waals surface area contributed by atoms with Crippen LogP contribution in [0.1, 0.15) is 6.42 Å². The van der Waals surface area contributed by atoms with Crippen LogP contribution in [0.5, 0.6) is 0 Å². The lowest BCUT2D eigenvalue weighted by atomic mass is 10.3. The third-order valence-electron chi connectivity index (χ3n) is 4.30. The van der Waals surface area contributed by atoms with Crippen LogP contribution in [0.15, 0.2) is 40.5 Å². The molecular weight excluding hydrogens is 439 g/mol. The number of aromatic nitrogens is 3. The van der Waals surface area contributed by atoms with E-state index in [1.54, 1.807) is 22.2 Å². The molecule has 0 radical (unpaired) electrons. The van der Waals surface area contributed by atoms with Crippen molar-refractivity contribution in [3.63, 3.8) is 0 Å². The summed E-state index contributed by atoms with van der Waals surface area (Å²) < 4.78 is 4.33. The van der Waals surface area contributed by atoms with Crippen LogP contribution in [-0.2, 0) is 18.4 Å². The first-order valence-electron chi connectivity index (χ1n) is 8.29. The molecule has 0 fully saturated rings. The minimum Gasteiger partial charge on any atom is -0.302 e. The Morgan fingerprint density at radius 3 is 2.71 bits per heavy atom. The van der Waals surface area contributed by atoms with Crippen molar-refractivity contribution in [2.75, 3.05) is 5.32 Å². The Hall–Kier alpha value is -2.13. The van der Waals surface area contributed by atoms with E-state index >= 15 is 0 Å². The van der Waals surface area contributed by atoms with Gasteiger partial charge in [-0.15, -0.1) is 22.7 Å². The minimum absolute atomic E-state index is 0.144. The number of amides is 1. The monoisotopic (exact) mass is 452 g/mol. The van der Waals surface area contributed by atoms with Gasteiger partial charge >= 0.3 is 5.69 Å². The summed E-state index contributed by atoms with van der Waals surface area (Å²) in [5.74, 6) is -0.213. The zero-order valence-corrected chi connectivity index (χ0v) is 17.8. The van der Waals surface area contributed by atoms with Gasteiger partial charge in [0.25, 0.3) is 0 Å². The average molecular weight is 453 g/mol. The van der Waals surface area contributed by atoms with Crippen LogP contribution in [0.3, 0.4) is 0 Å². The lowest BCUT2D eigenvalue weighted by Crippen LogP contribution is -2.24. The van der Waals surface area contributed by atoms with E-state index in [1.807, 2.05) is 29.6 Å². The Kier molecular flexibility index (Phi) is 5.29. The molecule has 0 unspecified atom stereocenters. The molecule has 4 aromatic rings. The number of nitrogens with zero attached hydrogens (tertiary/aromatic N) is 3. The number of carbonyl (C=O) groups is 1. The molecule has 0 saturated carbocycles. The molecule has 0 saturated heterocycles. The van der Waals surface area contributed by atoms with Crippen molar-refractivity contribution in [3.05, 3.63) is 54.9 Å². The fourth-order valence-electron chi connectivity index (χ4n) is 2.94. The molecule has 1 N–H and O–H groups in total. The number of thiophene rings is 1. The topological polar surface area (TPSA) is 68.9 Å². The second kappa shape index (κ2) is 7.71. The van der Waals surface area contributed by atoms with Crippen molar-refractivity contribution in [1.82, 2.24) is 14.1 Å². The maximum atomic E-state index is 12.4. The molecule has 10 heteroatoms. The largest absolute Gasteiger partial charge is 0.328 e. The minimum atomic E-state index is -0.213. The maximum absolute atomic E-state index is 12.4. The summed E-state index contributed by atoms with van der Waals surface area (Å²) in [5.41, 5.74) is 2.91. The van der Waals surface area contributed by atoms with E-state index in [4.69, 9.17) is 23.2 Å². The highest BCUT2D eigenvalue weighted by Crippen LogP contribution is 2.38. The highest BCUT2D eigenvalue weighted by atomic mass is 35.5. The second-order valence-electron chi connectivity index (χ2n) is 6.06. The molecule has 28 heavy (non-hydrogen) atoms. The molecule has 0 aliphatic rings. The number of aryl methyl sites for hydroxylation is 2. The number of imidazole rings is 1. The smallest absolute Gasteiger partial charge is 0.302 e. The number of thiazole rings is 1. The van der Waals surface area contributed by atoms with E-state index < -0.39 is 0 Å². The van der Waals surface area contributed by atoms with E-state index in [9.17, 15) is 9.59 Å². The number of nitrogens with one attached hydrogen (secondary N) is 1. The Morgan fingerprint density at radius 2 is 2.00 bits per heavy atom. The van der Waals surface area contributed by atoms with Crippen LogP contribution in [-0.4, -0.2) is 20.0 Å². The van der Waals surface area contributed by atoms with Gasteiger partial charge in [0.1, 0.15) is 4.34 Å². The molecule has 6 nitrogen and oxygen atoms in total. The van der Waals surface area contributed by atoms with Gasteiger partial charge in [0.2, 0.25) is 5.91 Å². The fraction of sp³-hybridized carbons (Fsp3) is 0.167. The van der Waals surface area contributed by atoms with Crippen molar-refractivity contribution in [3.8, 4) is 11.3 Å². The van der Waals surface area contributed by atoms with Crippen molar-refractivity contribution >= 4 is 67.9 Å². The van der Waals surface area contributed by atoms with Crippen LogP contribution >= 0.6 is 45.9 Å². The Morgan fingerprint density at radius 1 is 1.25 bits per heavy atom. The Labute approximate surface area is 178 Å². The molecule has 3 heterocycles.